The highest BCUT2D eigenvalue weighted by molar-refractivity contribution is 9.10. The van der Waals surface area contributed by atoms with Crippen molar-refractivity contribution in [2.75, 3.05) is 11.9 Å². The lowest BCUT2D eigenvalue weighted by atomic mass is 10.3. The Hall–Kier alpha value is -0.560. The van der Waals surface area contributed by atoms with E-state index in [2.05, 4.69) is 26.2 Å². The van der Waals surface area contributed by atoms with Crippen LogP contribution in [0.1, 0.15) is 6.42 Å². The Labute approximate surface area is 113 Å². The molecule has 1 heterocycles. The number of halogens is 3. The standard InChI is InChI=1S/C8H10BrN3O2.2ClH/c9-5-3-6(8(14)11-4-5)12-7(13)1-2-10;;/h3-4H,1-2,10H2,(H,11,14)(H,12,13);2*1H. The van der Waals surface area contributed by atoms with Crippen molar-refractivity contribution in [2.24, 2.45) is 5.73 Å². The molecule has 5 nitrogen and oxygen atoms in total. The number of pyridine rings is 1. The van der Waals surface area contributed by atoms with Crippen molar-refractivity contribution in [3.63, 3.8) is 0 Å². The number of aromatic amines is 1. The number of nitrogens with one attached hydrogen (secondary N) is 2. The number of anilines is 1. The molecule has 1 aromatic rings. The van der Waals surface area contributed by atoms with Gasteiger partial charge in [-0.15, -0.1) is 24.8 Å². The number of rotatable bonds is 3. The van der Waals surface area contributed by atoms with Gasteiger partial charge in [-0.1, -0.05) is 0 Å². The molecule has 1 aromatic heterocycles. The van der Waals surface area contributed by atoms with Crippen LogP contribution in [0.3, 0.4) is 0 Å². The van der Waals surface area contributed by atoms with Gasteiger partial charge in [-0.2, -0.15) is 0 Å². The van der Waals surface area contributed by atoms with Gasteiger partial charge in [-0.05, 0) is 22.0 Å². The van der Waals surface area contributed by atoms with Crippen molar-refractivity contribution >= 4 is 52.3 Å². The first kappa shape index (κ1) is 17.8. The maximum Gasteiger partial charge on any atom is 0.271 e. The predicted octanol–water partition coefficient (Wildman–Crippen LogP) is 1.27. The summed E-state index contributed by atoms with van der Waals surface area (Å²) in [5, 5.41) is 2.46. The highest BCUT2D eigenvalue weighted by atomic mass is 79.9. The quantitative estimate of drug-likeness (QED) is 0.778. The average Bonchev–Trinajstić information content (AvgIpc) is 2.12. The Morgan fingerprint density at radius 2 is 2.12 bits per heavy atom. The molecule has 0 aliphatic heterocycles. The molecule has 0 spiro atoms. The van der Waals surface area contributed by atoms with E-state index in [1.54, 1.807) is 0 Å². The minimum atomic E-state index is -0.335. The molecule has 0 radical (unpaired) electrons. The third kappa shape index (κ3) is 5.50. The number of carbonyl (C=O) groups excluding carboxylic acids is 1. The Balaban J connectivity index is 0. The monoisotopic (exact) mass is 331 g/mol. The van der Waals surface area contributed by atoms with E-state index in [9.17, 15) is 9.59 Å². The van der Waals surface area contributed by atoms with Crippen LogP contribution in [0, 0.1) is 0 Å². The van der Waals surface area contributed by atoms with E-state index in [0.29, 0.717) is 4.47 Å². The van der Waals surface area contributed by atoms with E-state index in [-0.39, 0.29) is 54.9 Å². The largest absolute Gasteiger partial charge is 0.330 e. The van der Waals surface area contributed by atoms with Gasteiger partial charge in [-0.3, -0.25) is 9.59 Å². The molecular formula is C8H12BrCl2N3O2. The van der Waals surface area contributed by atoms with Crippen molar-refractivity contribution in [1.82, 2.24) is 4.98 Å². The summed E-state index contributed by atoms with van der Waals surface area (Å²) >= 11 is 3.18. The van der Waals surface area contributed by atoms with Crippen molar-refractivity contribution in [1.29, 1.82) is 0 Å². The van der Waals surface area contributed by atoms with Gasteiger partial charge in [0.25, 0.3) is 5.56 Å². The summed E-state index contributed by atoms with van der Waals surface area (Å²) in [6, 6.07) is 1.53. The van der Waals surface area contributed by atoms with Gasteiger partial charge in [0.2, 0.25) is 5.91 Å². The van der Waals surface area contributed by atoms with E-state index < -0.39 is 0 Å². The van der Waals surface area contributed by atoms with Gasteiger partial charge < -0.3 is 16.0 Å². The summed E-state index contributed by atoms with van der Waals surface area (Å²) in [5.74, 6) is -0.267. The Morgan fingerprint density at radius 1 is 1.50 bits per heavy atom. The van der Waals surface area contributed by atoms with Crippen molar-refractivity contribution in [3.8, 4) is 0 Å². The smallest absolute Gasteiger partial charge is 0.271 e. The maximum atomic E-state index is 11.2. The van der Waals surface area contributed by atoms with E-state index >= 15 is 0 Å². The molecule has 0 aliphatic rings. The van der Waals surface area contributed by atoms with Crippen LogP contribution in [0.5, 0.6) is 0 Å². The first-order valence-electron chi connectivity index (χ1n) is 4.01. The predicted molar refractivity (Wildman–Crippen MR) is 71.6 cm³/mol. The van der Waals surface area contributed by atoms with Crippen LogP contribution in [0.4, 0.5) is 5.69 Å². The first-order valence-corrected chi connectivity index (χ1v) is 4.81. The van der Waals surface area contributed by atoms with Gasteiger partial charge in [-0.25, -0.2) is 0 Å². The molecule has 4 N–H and O–H groups in total. The third-order valence-electron chi connectivity index (χ3n) is 1.51. The number of aromatic nitrogens is 1. The van der Waals surface area contributed by atoms with Crippen LogP contribution in [-0.2, 0) is 4.79 Å². The second kappa shape index (κ2) is 8.58. The van der Waals surface area contributed by atoms with E-state index in [0.717, 1.165) is 0 Å². The lowest BCUT2D eigenvalue weighted by Crippen LogP contribution is -2.21. The van der Waals surface area contributed by atoms with Crippen LogP contribution in [0.25, 0.3) is 0 Å². The van der Waals surface area contributed by atoms with Crippen LogP contribution < -0.4 is 16.6 Å². The van der Waals surface area contributed by atoms with Gasteiger partial charge in [0, 0.05) is 23.6 Å². The number of hydrogen-bond acceptors (Lipinski definition) is 3. The topological polar surface area (TPSA) is 88.0 Å². The van der Waals surface area contributed by atoms with Crippen LogP contribution >= 0.6 is 40.7 Å². The van der Waals surface area contributed by atoms with Crippen LogP contribution in [0.2, 0.25) is 0 Å². The number of nitrogens with two attached hydrogens (primary N) is 1. The summed E-state index contributed by atoms with van der Waals surface area (Å²) < 4.78 is 0.695. The molecule has 0 atom stereocenters. The van der Waals surface area contributed by atoms with Crippen molar-refractivity contribution in [3.05, 3.63) is 27.1 Å². The van der Waals surface area contributed by atoms with Crippen molar-refractivity contribution in [2.45, 2.75) is 6.42 Å². The molecule has 0 unspecified atom stereocenters. The van der Waals surface area contributed by atoms with Crippen molar-refractivity contribution < 1.29 is 4.79 Å². The highest BCUT2D eigenvalue weighted by Gasteiger charge is 2.04. The van der Waals surface area contributed by atoms with Crippen LogP contribution in [0.15, 0.2) is 21.5 Å². The molecule has 0 saturated heterocycles. The average molecular weight is 333 g/mol. The van der Waals surface area contributed by atoms with Gasteiger partial charge in [0.1, 0.15) is 5.69 Å². The second-order valence-corrected chi connectivity index (χ2v) is 3.56. The molecule has 1 rings (SSSR count). The lowest BCUT2D eigenvalue weighted by Gasteiger charge is -2.02. The third-order valence-corrected chi connectivity index (χ3v) is 1.97. The first-order chi connectivity index (χ1) is 6.63. The zero-order valence-electron chi connectivity index (χ0n) is 8.16. The molecule has 0 bridgehead atoms. The van der Waals surface area contributed by atoms with E-state index in [1.165, 1.54) is 12.3 Å². The zero-order chi connectivity index (χ0) is 10.6. The highest BCUT2D eigenvalue weighted by Crippen LogP contribution is 2.09. The summed E-state index contributed by atoms with van der Waals surface area (Å²) in [6.07, 6.45) is 1.70. The minimum absolute atomic E-state index is 0. The Bertz CT molecular complexity index is 397. The number of amides is 1. The Kier molecular flexibility index (Phi) is 9.55. The molecule has 92 valence electrons. The fourth-order valence-electron chi connectivity index (χ4n) is 0.894. The SMILES string of the molecule is Cl.Cl.NCCC(=O)Nc1cc(Br)c[nH]c1=O. The molecule has 0 aliphatic carbocycles. The summed E-state index contributed by atoms with van der Waals surface area (Å²) in [4.78, 5) is 24.8. The van der Waals surface area contributed by atoms with Crippen LogP contribution in [-0.4, -0.2) is 17.4 Å². The number of hydrogen-bond donors (Lipinski definition) is 3. The molecular weight excluding hydrogens is 321 g/mol. The normalized spacial score (nSPS) is 8.62. The number of H-pyrrole nitrogens is 1. The van der Waals surface area contributed by atoms with Gasteiger partial charge >= 0.3 is 0 Å². The molecule has 0 aromatic carbocycles. The maximum absolute atomic E-state index is 11.2. The fourth-order valence-corrected chi connectivity index (χ4v) is 1.24. The number of carbonyl (C=O) groups is 1. The molecule has 16 heavy (non-hydrogen) atoms. The molecule has 0 saturated carbocycles. The Morgan fingerprint density at radius 3 is 2.69 bits per heavy atom. The molecule has 8 heteroatoms. The van der Waals surface area contributed by atoms with E-state index in [1.807, 2.05) is 0 Å². The second-order valence-electron chi connectivity index (χ2n) is 2.65. The zero-order valence-corrected chi connectivity index (χ0v) is 11.4. The fraction of sp³-hybridized carbons (Fsp3) is 0.250. The summed E-state index contributed by atoms with van der Waals surface area (Å²) in [5.41, 5.74) is 5.08. The minimum Gasteiger partial charge on any atom is -0.330 e. The van der Waals surface area contributed by atoms with Gasteiger partial charge in [0.05, 0.1) is 0 Å². The summed E-state index contributed by atoms with van der Waals surface area (Å²) in [6.45, 7) is 0.262. The van der Waals surface area contributed by atoms with Gasteiger partial charge in [0.15, 0.2) is 0 Å². The molecule has 1 amide bonds. The molecule has 0 fully saturated rings. The lowest BCUT2D eigenvalue weighted by molar-refractivity contribution is -0.116. The van der Waals surface area contributed by atoms with E-state index in [4.69, 9.17) is 5.73 Å². The summed E-state index contributed by atoms with van der Waals surface area (Å²) in [7, 11) is 0.